The fourth-order valence-electron chi connectivity index (χ4n) is 2.66. The Labute approximate surface area is 151 Å². The molecule has 0 unspecified atom stereocenters. The van der Waals surface area contributed by atoms with E-state index in [0.717, 1.165) is 17.7 Å². The largest absolute Gasteiger partial charge is 0.495 e. The van der Waals surface area contributed by atoms with Crippen LogP contribution in [-0.4, -0.2) is 21.4 Å². The third-order valence-electron chi connectivity index (χ3n) is 4.02. The Kier molecular flexibility index (Phi) is 5.12. The van der Waals surface area contributed by atoms with Gasteiger partial charge in [-0.25, -0.2) is 13.1 Å². The van der Waals surface area contributed by atoms with Crippen LogP contribution in [0.3, 0.4) is 0 Å². The lowest BCUT2D eigenvalue weighted by Crippen LogP contribution is -2.29. The summed E-state index contributed by atoms with van der Waals surface area (Å²) in [4.78, 5) is 12.5. The highest BCUT2D eigenvalue weighted by atomic mass is 32.2. The summed E-state index contributed by atoms with van der Waals surface area (Å²) >= 11 is 1.55. The lowest BCUT2D eigenvalue weighted by atomic mass is 10.2. The van der Waals surface area contributed by atoms with Crippen LogP contribution in [0.15, 0.2) is 40.6 Å². The summed E-state index contributed by atoms with van der Waals surface area (Å²) in [7, 11) is -2.26. The zero-order chi connectivity index (χ0) is 18.0. The highest BCUT2D eigenvalue weighted by Crippen LogP contribution is 2.43. The number of benzene rings is 1. The number of sulfonamides is 1. The second-order valence-electron chi connectivity index (χ2n) is 6.00. The normalized spacial score (nSPS) is 15.6. The highest BCUT2D eigenvalue weighted by Gasteiger charge is 2.36. The van der Waals surface area contributed by atoms with Crippen LogP contribution >= 0.6 is 11.3 Å². The van der Waals surface area contributed by atoms with E-state index in [-0.39, 0.29) is 16.8 Å². The maximum absolute atomic E-state index is 12.8. The van der Waals surface area contributed by atoms with Gasteiger partial charge in [-0.3, -0.25) is 4.79 Å². The predicted octanol–water partition coefficient (Wildman–Crippen LogP) is 3.14. The van der Waals surface area contributed by atoms with Crippen molar-refractivity contribution < 1.29 is 17.9 Å². The first kappa shape index (κ1) is 17.9. The lowest BCUT2D eigenvalue weighted by Gasteiger charge is -2.18. The van der Waals surface area contributed by atoms with E-state index in [2.05, 4.69) is 10.0 Å². The zero-order valence-electron chi connectivity index (χ0n) is 14.0. The van der Waals surface area contributed by atoms with E-state index in [1.54, 1.807) is 11.3 Å². The number of thiophene rings is 1. The van der Waals surface area contributed by atoms with Gasteiger partial charge in [0.25, 0.3) is 0 Å². The fraction of sp³-hybridized carbons (Fsp3) is 0.353. The SMILES string of the molecule is COc1ccc(S(=O)(=O)N[C@@H](c2cccs2)C2CC2)cc1NC(C)=O. The third kappa shape index (κ3) is 4.20. The van der Waals surface area contributed by atoms with Crippen molar-refractivity contribution in [2.24, 2.45) is 5.92 Å². The molecule has 25 heavy (non-hydrogen) atoms. The molecule has 1 aliphatic rings. The smallest absolute Gasteiger partial charge is 0.241 e. The van der Waals surface area contributed by atoms with Gasteiger partial charge < -0.3 is 10.1 Å². The molecular weight excluding hydrogens is 360 g/mol. The van der Waals surface area contributed by atoms with Gasteiger partial charge in [-0.2, -0.15) is 0 Å². The van der Waals surface area contributed by atoms with Gasteiger partial charge in [0.1, 0.15) is 5.75 Å². The van der Waals surface area contributed by atoms with E-state index in [1.165, 1.54) is 32.2 Å². The molecule has 3 rings (SSSR count). The van der Waals surface area contributed by atoms with Crippen LogP contribution < -0.4 is 14.8 Å². The molecule has 1 amide bonds. The molecule has 2 N–H and O–H groups in total. The molecule has 134 valence electrons. The van der Waals surface area contributed by atoms with Crippen molar-refractivity contribution >= 4 is 33.0 Å². The summed E-state index contributed by atoms with van der Waals surface area (Å²) in [6.45, 7) is 1.36. The Bertz CT molecular complexity index is 859. The van der Waals surface area contributed by atoms with Crippen molar-refractivity contribution in [2.75, 3.05) is 12.4 Å². The summed E-state index contributed by atoms with van der Waals surface area (Å²) in [5, 5.41) is 4.54. The van der Waals surface area contributed by atoms with Crippen LogP contribution in [0.25, 0.3) is 0 Å². The molecular formula is C17H20N2O4S2. The predicted molar refractivity (Wildman–Crippen MR) is 97.4 cm³/mol. The summed E-state index contributed by atoms with van der Waals surface area (Å²) < 4.78 is 33.7. The zero-order valence-corrected chi connectivity index (χ0v) is 15.6. The van der Waals surface area contributed by atoms with Gasteiger partial charge in [-0.05, 0) is 48.4 Å². The van der Waals surface area contributed by atoms with Gasteiger partial charge in [0.2, 0.25) is 15.9 Å². The molecule has 6 nitrogen and oxygen atoms in total. The second kappa shape index (κ2) is 7.15. The van der Waals surface area contributed by atoms with Crippen molar-refractivity contribution in [3.05, 3.63) is 40.6 Å². The summed E-state index contributed by atoms with van der Waals surface area (Å²) in [5.74, 6) is 0.447. The van der Waals surface area contributed by atoms with E-state index in [0.29, 0.717) is 17.4 Å². The second-order valence-corrected chi connectivity index (χ2v) is 8.69. The number of nitrogens with one attached hydrogen (secondary N) is 2. The number of ether oxygens (including phenoxy) is 1. The first-order chi connectivity index (χ1) is 11.9. The Morgan fingerprint density at radius 2 is 2.08 bits per heavy atom. The van der Waals surface area contributed by atoms with Crippen molar-refractivity contribution in [3.63, 3.8) is 0 Å². The minimum Gasteiger partial charge on any atom is -0.495 e. The quantitative estimate of drug-likeness (QED) is 0.773. The summed E-state index contributed by atoms with van der Waals surface area (Å²) in [5.41, 5.74) is 0.331. The number of carbonyl (C=O) groups is 1. The molecule has 1 aliphatic carbocycles. The van der Waals surface area contributed by atoms with Crippen LogP contribution in [0, 0.1) is 5.92 Å². The molecule has 0 aliphatic heterocycles. The van der Waals surface area contributed by atoms with Crippen LogP contribution in [0.1, 0.15) is 30.7 Å². The lowest BCUT2D eigenvalue weighted by molar-refractivity contribution is -0.114. The number of methoxy groups -OCH3 is 1. The molecule has 1 fully saturated rings. The summed E-state index contributed by atoms with van der Waals surface area (Å²) in [6, 6.07) is 8.10. The fourth-order valence-corrected chi connectivity index (χ4v) is 4.92. The van der Waals surface area contributed by atoms with Crippen molar-refractivity contribution in [3.8, 4) is 5.75 Å². The van der Waals surface area contributed by atoms with E-state index < -0.39 is 10.0 Å². The Morgan fingerprint density at radius 3 is 2.64 bits per heavy atom. The van der Waals surface area contributed by atoms with Crippen molar-refractivity contribution in [2.45, 2.75) is 30.7 Å². The maximum Gasteiger partial charge on any atom is 0.241 e. The van der Waals surface area contributed by atoms with Crippen LogP contribution in [0.5, 0.6) is 5.75 Å². The average molecular weight is 380 g/mol. The average Bonchev–Trinajstić information content (AvgIpc) is 3.26. The Morgan fingerprint density at radius 1 is 1.32 bits per heavy atom. The van der Waals surface area contributed by atoms with Gasteiger partial charge in [0, 0.05) is 11.8 Å². The molecule has 0 radical (unpaired) electrons. The number of rotatable bonds is 7. The first-order valence-corrected chi connectivity index (χ1v) is 10.3. The number of carbonyl (C=O) groups excluding carboxylic acids is 1. The molecule has 2 aromatic rings. The molecule has 1 aromatic carbocycles. The Hall–Kier alpha value is -1.90. The van der Waals surface area contributed by atoms with Gasteiger partial charge in [0.05, 0.1) is 23.7 Å². The van der Waals surface area contributed by atoms with Crippen LogP contribution in [-0.2, 0) is 14.8 Å². The molecule has 1 heterocycles. The molecule has 0 saturated heterocycles. The number of hydrogen-bond acceptors (Lipinski definition) is 5. The highest BCUT2D eigenvalue weighted by molar-refractivity contribution is 7.89. The molecule has 1 saturated carbocycles. The number of amides is 1. The minimum atomic E-state index is -3.72. The van der Waals surface area contributed by atoms with E-state index >= 15 is 0 Å². The Balaban J connectivity index is 1.90. The van der Waals surface area contributed by atoms with E-state index in [9.17, 15) is 13.2 Å². The van der Waals surface area contributed by atoms with Crippen LogP contribution in [0.4, 0.5) is 5.69 Å². The maximum atomic E-state index is 12.8. The standard InChI is InChI=1S/C17H20N2O4S2/c1-11(20)18-14-10-13(7-8-15(14)23-2)25(21,22)19-17(12-5-6-12)16-4-3-9-24-16/h3-4,7-10,12,17,19H,5-6H2,1-2H3,(H,18,20)/t17-/m1/s1. The van der Waals surface area contributed by atoms with Gasteiger partial charge >= 0.3 is 0 Å². The molecule has 0 bridgehead atoms. The van der Waals surface area contributed by atoms with Crippen molar-refractivity contribution in [1.29, 1.82) is 0 Å². The van der Waals surface area contributed by atoms with Crippen molar-refractivity contribution in [1.82, 2.24) is 4.72 Å². The minimum absolute atomic E-state index is 0.0965. The van der Waals surface area contributed by atoms with E-state index in [4.69, 9.17) is 4.74 Å². The third-order valence-corrected chi connectivity index (χ3v) is 6.41. The van der Waals surface area contributed by atoms with Crippen LogP contribution in [0.2, 0.25) is 0 Å². The van der Waals surface area contributed by atoms with Gasteiger partial charge in [0.15, 0.2) is 0 Å². The number of hydrogen-bond donors (Lipinski definition) is 2. The first-order valence-electron chi connectivity index (χ1n) is 7.92. The van der Waals surface area contributed by atoms with E-state index in [1.807, 2.05) is 17.5 Å². The molecule has 0 spiro atoms. The van der Waals surface area contributed by atoms with Gasteiger partial charge in [-0.1, -0.05) is 6.07 Å². The topological polar surface area (TPSA) is 84.5 Å². The summed E-state index contributed by atoms with van der Waals surface area (Å²) in [6.07, 6.45) is 2.04. The molecule has 8 heteroatoms. The monoisotopic (exact) mass is 380 g/mol. The molecule has 1 atom stereocenters. The molecule has 1 aromatic heterocycles. The number of anilines is 1. The van der Waals surface area contributed by atoms with Gasteiger partial charge in [-0.15, -0.1) is 11.3 Å².